The van der Waals surface area contributed by atoms with Gasteiger partial charge in [-0.2, -0.15) is 0 Å². The van der Waals surface area contributed by atoms with Gasteiger partial charge in [-0.25, -0.2) is 4.98 Å². The van der Waals surface area contributed by atoms with Crippen molar-refractivity contribution < 1.29 is 9.72 Å². The highest BCUT2D eigenvalue weighted by atomic mass is 35.5. The molecule has 9 heteroatoms. The molecule has 0 radical (unpaired) electrons. The molecule has 0 aliphatic carbocycles. The number of nitrogens with zero attached hydrogens (tertiary/aromatic N) is 5. The van der Waals surface area contributed by atoms with Gasteiger partial charge in [0, 0.05) is 13.2 Å². The van der Waals surface area contributed by atoms with Crippen molar-refractivity contribution in [2.24, 2.45) is 0 Å². The molecule has 22 heavy (non-hydrogen) atoms. The van der Waals surface area contributed by atoms with Gasteiger partial charge < -0.3 is 4.90 Å². The van der Waals surface area contributed by atoms with Crippen molar-refractivity contribution in [3.05, 3.63) is 50.7 Å². The third-order valence-corrected chi connectivity index (χ3v) is 3.48. The summed E-state index contributed by atoms with van der Waals surface area (Å²) in [6, 6.07) is 3.34. The number of likely N-dealkylation sites (N-methyl/N-ethyl adjacent to an activating group) is 1. The van der Waals surface area contributed by atoms with Crippen LogP contribution < -0.4 is 0 Å². The van der Waals surface area contributed by atoms with Crippen molar-refractivity contribution in [2.75, 3.05) is 27.3 Å². The molecule has 0 saturated heterocycles. The average Bonchev–Trinajstić information content (AvgIpc) is 2.46. The molecule has 0 N–H and O–H groups in total. The monoisotopic (exact) mass is 325 g/mol. The van der Waals surface area contributed by atoms with E-state index in [1.165, 1.54) is 4.90 Å². The summed E-state index contributed by atoms with van der Waals surface area (Å²) in [6.45, 7) is 0.861. The first-order valence-corrected chi connectivity index (χ1v) is 6.89. The molecule has 0 aromatic carbocycles. The minimum absolute atomic E-state index is 0.00901. The highest BCUT2D eigenvalue weighted by Crippen LogP contribution is 2.21. The lowest BCUT2D eigenvalue weighted by Crippen LogP contribution is -2.46. The van der Waals surface area contributed by atoms with E-state index in [1.807, 2.05) is 0 Å². The van der Waals surface area contributed by atoms with E-state index in [4.69, 9.17) is 11.6 Å². The summed E-state index contributed by atoms with van der Waals surface area (Å²) < 4.78 is 0. The van der Waals surface area contributed by atoms with Crippen molar-refractivity contribution in [3.63, 3.8) is 0 Å². The van der Waals surface area contributed by atoms with E-state index in [0.29, 0.717) is 24.1 Å². The molecule has 2 rings (SSSR count). The van der Waals surface area contributed by atoms with Crippen LogP contribution in [0.3, 0.4) is 0 Å². The Bertz CT molecular complexity index is 604. The third-order valence-electron chi connectivity index (χ3n) is 3.25. The van der Waals surface area contributed by atoms with Crippen molar-refractivity contribution in [3.8, 4) is 0 Å². The Morgan fingerprint density at radius 2 is 2.23 bits per heavy atom. The van der Waals surface area contributed by atoms with Gasteiger partial charge in [0.05, 0.1) is 24.7 Å². The second kappa shape index (κ2) is 6.71. The SMILES string of the molecule is CN1CC([N+](=O)[O-])=C(N(C=O)Cc2ccc(Cl)nc2)N(C)C1. The number of nitro groups is 1. The zero-order valence-electron chi connectivity index (χ0n) is 12.3. The summed E-state index contributed by atoms with van der Waals surface area (Å²) >= 11 is 5.73. The van der Waals surface area contributed by atoms with Gasteiger partial charge in [0.15, 0.2) is 5.82 Å². The van der Waals surface area contributed by atoms with E-state index in [0.717, 1.165) is 5.56 Å². The minimum Gasteiger partial charge on any atom is -0.343 e. The molecule has 1 aliphatic rings. The van der Waals surface area contributed by atoms with Crippen LogP contribution in [-0.4, -0.2) is 58.3 Å². The molecule has 2 heterocycles. The molecular weight excluding hydrogens is 310 g/mol. The summed E-state index contributed by atoms with van der Waals surface area (Å²) in [5.74, 6) is 0.299. The molecule has 1 aromatic rings. The normalized spacial score (nSPS) is 15.9. The van der Waals surface area contributed by atoms with E-state index < -0.39 is 4.92 Å². The van der Waals surface area contributed by atoms with Crippen LogP contribution in [0.5, 0.6) is 0 Å². The van der Waals surface area contributed by atoms with Crippen LogP contribution in [0.1, 0.15) is 5.56 Å². The Balaban J connectivity index is 2.34. The van der Waals surface area contributed by atoms with Gasteiger partial charge in [0.25, 0.3) is 0 Å². The van der Waals surface area contributed by atoms with Gasteiger partial charge in [0.2, 0.25) is 6.41 Å². The fourth-order valence-electron chi connectivity index (χ4n) is 2.41. The van der Waals surface area contributed by atoms with Crippen LogP contribution in [0.15, 0.2) is 29.8 Å². The number of carbonyl (C=O) groups is 1. The Morgan fingerprint density at radius 1 is 1.50 bits per heavy atom. The molecule has 0 saturated carbocycles. The molecule has 1 amide bonds. The first-order chi connectivity index (χ1) is 10.4. The smallest absolute Gasteiger partial charge is 0.300 e. The number of rotatable bonds is 5. The number of pyridine rings is 1. The third kappa shape index (κ3) is 3.52. The van der Waals surface area contributed by atoms with Gasteiger partial charge in [-0.1, -0.05) is 17.7 Å². The predicted molar refractivity (Wildman–Crippen MR) is 80.1 cm³/mol. The Labute approximate surface area is 132 Å². The molecule has 0 spiro atoms. The molecule has 0 atom stereocenters. The van der Waals surface area contributed by atoms with Crippen molar-refractivity contribution in [2.45, 2.75) is 6.54 Å². The van der Waals surface area contributed by atoms with Crippen LogP contribution in [0.25, 0.3) is 0 Å². The van der Waals surface area contributed by atoms with Crippen LogP contribution in [0, 0.1) is 10.1 Å². The van der Waals surface area contributed by atoms with Crippen LogP contribution in [0.4, 0.5) is 0 Å². The summed E-state index contributed by atoms with van der Waals surface area (Å²) in [6.07, 6.45) is 2.13. The van der Waals surface area contributed by atoms with Gasteiger partial charge >= 0.3 is 5.70 Å². The van der Waals surface area contributed by atoms with Crippen LogP contribution in [0.2, 0.25) is 5.15 Å². The van der Waals surface area contributed by atoms with E-state index in [9.17, 15) is 14.9 Å². The minimum atomic E-state index is -0.446. The highest BCUT2D eigenvalue weighted by molar-refractivity contribution is 6.29. The summed E-state index contributed by atoms with van der Waals surface area (Å²) in [7, 11) is 3.50. The zero-order valence-corrected chi connectivity index (χ0v) is 13.0. The quantitative estimate of drug-likeness (QED) is 0.347. The maximum absolute atomic E-state index is 11.5. The van der Waals surface area contributed by atoms with E-state index in [1.54, 1.807) is 42.2 Å². The molecule has 118 valence electrons. The largest absolute Gasteiger partial charge is 0.343 e. The lowest BCUT2D eigenvalue weighted by atomic mass is 10.2. The van der Waals surface area contributed by atoms with E-state index in [2.05, 4.69) is 4.98 Å². The molecule has 1 aromatic heterocycles. The van der Waals surface area contributed by atoms with Crippen LogP contribution >= 0.6 is 11.6 Å². The standard InChI is InChI=1S/C13H16ClN5O3/c1-16-7-11(19(21)22)13(17(2)8-16)18(9-20)6-10-3-4-12(14)15-5-10/h3-5,9H,6-8H2,1-2H3. The molecule has 0 fully saturated rings. The van der Waals surface area contributed by atoms with Crippen molar-refractivity contribution in [1.82, 2.24) is 19.7 Å². The number of hydrogen-bond acceptors (Lipinski definition) is 6. The summed E-state index contributed by atoms with van der Waals surface area (Å²) in [4.78, 5) is 31.0. The van der Waals surface area contributed by atoms with Gasteiger partial charge in [-0.05, 0) is 18.7 Å². The maximum atomic E-state index is 11.5. The van der Waals surface area contributed by atoms with E-state index >= 15 is 0 Å². The molecule has 0 unspecified atom stereocenters. The molecule has 0 bridgehead atoms. The lowest BCUT2D eigenvalue weighted by Gasteiger charge is -2.35. The topological polar surface area (TPSA) is 82.8 Å². The first-order valence-electron chi connectivity index (χ1n) is 6.52. The van der Waals surface area contributed by atoms with E-state index in [-0.39, 0.29) is 18.8 Å². The second-order valence-electron chi connectivity index (χ2n) is 5.10. The molecule has 1 aliphatic heterocycles. The predicted octanol–water partition coefficient (Wildman–Crippen LogP) is 0.974. The Kier molecular flexibility index (Phi) is 4.94. The van der Waals surface area contributed by atoms with Gasteiger partial charge in [-0.3, -0.25) is 24.7 Å². The number of halogens is 1. The number of amides is 1. The Hall–Kier alpha value is -2.19. The maximum Gasteiger partial charge on any atom is 0.300 e. The van der Waals surface area contributed by atoms with Gasteiger partial charge in [0.1, 0.15) is 5.15 Å². The number of aromatic nitrogens is 1. The fraction of sp³-hybridized carbons (Fsp3) is 0.385. The highest BCUT2D eigenvalue weighted by Gasteiger charge is 2.32. The summed E-state index contributed by atoms with van der Waals surface area (Å²) in [5, 5.41) is 11.6. The Morgan fingerprint density at radius 3 is 2.77 bits per heavy atom. The number of hydrogen-bond donors (Lipinski definition) is 0. The van der Waals surface area contributed by atoms with Gasteiger partial charge in [-0.15, -0.1) is 0 Å². The van der Waals surface area contributed by atoms with Crippen molar-refractivity contribution in [1.29, 1.82) is 0 Å². The van der Waals surface area contributed by atoms with Crippen molar-refractivity contribution >= 4 is 18.0 Å². The summed E-state index contributed by atoms with van der Waals surface area (Å²) in [5.41, 5.74) is 0.726. The second-order valence-corrected chi connectivity index (χ2v) is 5.49. The lowest BCUT2D eigenvalue weighted by molar-refractivity contribution is -0.433. The van der Waals surface area contributed by atoms with Crippen LogP contribution in [-0.2, 0) is 11.3 Å². The first kappa shape index (κ1) is 16.2. The average molecular weight is 326 g/mol. The molecular formula is C13H16ClN5O3. The molecule has 8 nitrogen and oxygen atoms in total. The number of carbonyl (C=O) groups excluding carboxylic acids is 1. The zero-order chi connectivity index (χ0) is 16.3. The fourth-order valence-corrected chi connectivity index (χ4v) is 2.52.